The minimum Gasteiger partial charge on any atom is -0.508 e. The zero-order valence-corrected chi connectivity index (χ0v) is 18.5. The summed E-state index contributed by atoms with van der Waals surface area (Å²) < 4.78 is 26.6. The normalized spacial score (nSPS) is 22.3. The van der Waals surface area contributed by atoms with Crippen LogP contribution in [-0.4, -0.2) is 44.4 Å². The van der Waals surface area contributed by atoms with Crippen LogP contribution in [0.15, 0.2) is 77.7 Å². The first-order valence-electron chi connectivity index (χ1n) is 10.8. The van der Waals surface area contributed by atoms with Gasteiger partial charge in [0.25, 0.3) is 0 Å². The molecule has 2 fully saturated rings. The smallest absolute Gasteiger partial charge is 0.139 e. The molecule has 0 saturated carbocycles. The Kier molecular flexibility index (Phi) is 5.21. The molecule has 8 heteroatoms. The van der Waals surface area contributed by atoms with E-state index in [1.807, 2.05) is 36.2 Å². The number of aromatic hydroxyl groups is 1. The summed E-state index contributed by atoms with van der Waals surface area (Å²) in [6.07, 6.45) is 6.58. The van der Waals surface area contributed by atoms with Gasteiger partial charge in [-0.25, -0.2) is 9.07 Å². The summed E-state index contributed by atoms with van der Waals surface area (Å²) in [5.41, 5.74) is 4.79. The number of phenols is 1. The fraction of sp³-hybridized carbons (Fsp3) is 0.240. The van der Waals surface area contributed by atoms with Crippen LogP contribution in [-0.2, 0) is 11.2 Å². The molecule has 168 valence electrons. The van der Waals surface area contributed by atoms with Crippen LogP contribution in [0.5, 0.6) is 5.75 Å². The first-order chi connectivity index (χ1) is 16.2. The predicted octanol–water partition coefficient (Wildman–Crippen LogP) is 4.99. The largest absolute Gasteiger partial charge is 0.508 e. The summed E-state index contributed by atoms with van der Waals surface area (Å²) in [7, 11) is 0. The molecule has 3 atom stereocenters. The summed E-state index contributed by atoms with van der Waals surface area (Å²) in [5, 5.41) is 14.5. The maximum Gasteiger partial charge on any atom is 0.139 e. The van der Waals surface area contributed by atoms with Crippen LogP contribution in [0.3, 0.4) is 0 Å². The molecule has 2 unspecified atom stereocenters. The van der Waals surface area contributed by atoms with E-state index in [9.17, 15) is 9.50 Å². The second-order valence-corrected chi connectivity index (χ2v) is 9.38. The Labute approximate surface area is 194 Å². The van der Waals surface area contributed by atoms with Gasteiger partial charge in [-0.15, -0.1) is 11.8 Å². The molecule has 0 spiro atoms. The Morgan fingerprint density at radius 1 is 1.09 bits per heavy atom. The number of nitrogens with zero attached hydrogens (tertiary/aromatic N) is 3. The van der Waals surface area contributed by atoms with Crippen LogP contribution in [0.2, 0.25) is 0 Å². The lowest BCUT2D eigenvalue weighted by molar-refractivity contribution is 0.166. The van der Waals surface area contributed by atoms with E-state index in [0.29, 0.717) is 0 Å². The van der Waals surface area contributed by atoms with Gasteiger partial charge in [0, 0.05) is 29.6 Å². The van der Waals surface area contributed by atoms with Crippen molar-refractivity contribution in [2.24, 2.45) is 0 Å². The summed E-state index contributed by atoms with van der Waals surface area (Å²) in [6.45, 7) is 0.816. The number of fused-ring (bicyclic) bond motifs is 1. The van der Waals surface area contributed by atoms with Crippen molar-refractivity contribution in [1.82, 2.24) is 14.7 Å². The molecule has 0 radical (unpaired) electrons. The van der Waals surface area contributed by atoms with Gasteiger partial charge in [0.15, 0.2) is 0 Å². The Morgan fingerprint density at radius 2 is 1.91 bits per heavy atom. The average Bonchev–Trinajstić information content (AvgIpc) is 3.21. The van der Waals surface area contributed by atoms with E-state index in [1.54, 1.807) is 41.5 Å². The van der Waals surface area contributed by atoms with Gasteiger partial charge in [-0.2, -0.15) is 5.10 Å². The van der Waals surface area contributed by atoms with Crippen LogP contribution in [0, 0.1) is 5.82 Å². The van der Waals surface area contributed by atoms with Gasteiger partial charge in [0.05, 0.1) is 23.6 Å². The van der Waals surface area contributed by atoms with Crippen molar-refractivity contribution < 1.29 is 18.7 Å². The van der Waals surface area contributed by atoms with Crippen molar-refractivity contribution >= 4 is 11.8 Å². The summed E-state index contributed by atoms with van der Waals surface area (Å²) in [6, 6.07) is 15.6. The molecule has 33 heavy (non-hydrogen) atoms. The minimum atomic E-state index is -0.277. The molecule has 0 bridgehead atoms. The lowest BCUT2D eigenvalue weighted by atomic mass is 10.1. The van der Waals surface area contributed by atoms with Crippen molar-refractivity contribution in [3.63, 3.8) is 0 Å². The SMILES string of the molecule is Oc1ccc(CCN2C3OC3CS[C@@H]2c2cn(-c3ccc(F)cc3)nc2-c2ccoc2)cc1. The zero-order chi connectivity index (χ0) is 22.4. The number of aromatic nitrogens is 2. The van der Waals surface area contributed by atoms with Gasteiger partial charge < -0.3 is 14.3 Å². The number of benzene rings is 2. The molecular weight excluding hydrogens is 441 g/mol. The molecule has 2 aliphatic rings. The lowest BCUT2D eigenvalue weighted by Gasteiger charge is -2.32. The molecule has 4 heterocycles. The fourth-order valence-corrected chi connectivity index (χ4v) is 5.70. The van der Waals surface area contributed by atoms with Gasteiger partial charge >= 0.3 is 0 Å². The van der Waals surface area contributed by atoms with E-state index in [-0.39, 0.29) is 29.3 Å². The second-order valence-electron chi connectivity index (χ2n) is 8.27. The number of thioether (sulfide) groups is 1. The van der Waals surface area contributed by atoms with E-state index in [1.165, 1.54) is 12.1 Å². The molecule has 2 aromatic heterocycles. The molecule has 4 aromatic rings. The molecule has 2 aromatic carbocycles. The third-order valence-corrected chi connectivity index (χ3v) is 7.45. The second kappa shape index (κ2) is 8.37. The molecule has 2 aliphatic heterocycles. The number of ether oxygens (including phenoxy) is 1. The van der Waals surface area contributed by atoms with Crippen molar-refractivity contribution in [2.45, 2.75) is 24.1 Å². The molecular formula is C25H22FN3O3S. The Hall–Kier alpha value is -3.07. The van der Waals surface area contributed by atoms with Crippen molar-refractivity contribution in [1.29, 1.82) is 0 Å². The van der Waals surface area contributed by atoms with Gasteiger partial charge in [0.2, 0.25) is 0 Å². The van der Waals surface area contributed by atoms with Crippen LogP contribution in [0.4, 0.5) is 4.39 Å². The molecule has 2 saturated heterocycles. The molecule has 0 amide bonds. The summed E-state index contributed by atoms with van der Waals surface area (Å²) in [4.78, 5) is 2.39. The average molecular weight is 464 g/mol. The monoisotopic (exact) mass is 463 g/mol. The number of phenolic OH excluding ortho intramolecular Hbond substituents is 1. The topological polar surface area (TPSA) is 67.0 Å². The number of hydrogen-bond acceptors (Lipinski definition) is 6. The third-order valence-electron chi connectivity index (χ3n) is 6.09. The van der Waals surface area contributed by atoms with Gasteiger partial charge in [-0.05, 0) is 54.4 Å². The van der Waals surface area contributed by atoms with E-state index in [0.717, 1.165) is 46.8 Å². The van der Waals surface area contributed by atoms with Crippen molar-refractivity contribution in [2.75, 3.05) is 12.3 Å². The third kappa shape index (κ3) is 4.06. The van der Waals surface area contributed by atoms with E-state index in [4.69, 9.17) is 14.3 Å². The zero-order valence-electron chi connectivity index (χ0n) is 17.7. The summed E-state index contributed by atoms with van der Waals surface area (Å²) >= 11 is 1.85. The molecule has 0 aliphatic carbocycles. The maximum absolute atomic E-state index is 13.5. The van der Waals surface area contributed by atoms with Crippen molar-refractivity contribution in [3.05, 3.63) is 90.3 Å². The first kappa shape index (κ1) is 20.5. The molecule has 6 nitrogen and oxygen atoms in total. The van der Waals surface area contributed by atoms with E-state index >= 15 is 0 Å². The maximum atomic E-state index is 13.5. The van der Waals surface area contributed by atoms with Crippen LogP contribution in [0.25, 0.3) is 16.9 Å². The summed E-state index contributed by atoms with van der Waals surface area (Å²) in [5.74, 6) is 0.924. The van der Waals surface area contributed by atoms with Crippen LogP contribution in [0.1, 0.15) is 16.5 Å². The first-order valence-corrected chi connectivity index (χ1v) is 11.9. The quantitative estimate of drug-likeness (QED) is 0.406. The Balaban J connectivity index is 1.34. The van der Waals surface area contributed by atoms with Gasteiger partial charge in [-0.3, -0.25) is 4.90 Å². The highest BCUT2D eigenvalue weighted by atomic mass is 32.2. The number of epoxide rings is 1. The Bertz CT molecular complexity index is 1240. The van der Waals surface area contributed by atoms with E-state index in [2.05, 4.69) is 4.90 Å². The van der Waals surface area contributed by atoms with Gasteiger partial charge in [-0.1, -0.05) is 12.1 Å². The predicted molar refractivity (Wildman–Crippen MR) is 124 cm³/mol. The molecule has 1 N–H and O–H groups in total. The highest BCUT2D eigenvalue weighted by Crippen LogP contribution is 2.49. The lowest BCUT2D eigenvalue weighted by Crippen LogP contribution is -2.37. The van der Waals surface area contributed by atoms with Gasteiger partial charge in [0.1, 0.15) is 29.6 Å². The Morgan fingerprint density at radius 3 is 2.67 bits per heavy atom. The molecule has 6 rings (SSSR count). The number of hydrogen-bond donors (Lipinski definition) is 1. The number of rotatable bonds is 6. The number of furan rings is 1. The van der Waals surface area contributed by atoms with E-state index < -0.39 is 0 Å². The van der Waals surface area contributed by atoms with Crippen LogP contribution < -0.4 is 0 Å². The highest BCUT2D eigenvalue weighted by Gasteiger charge is 2.51. The van der Waals surface area contributed by atoms with Crippen molar-refractivity contribution in [3.8, 4) is 22.7 Å². The highest BCUT2D eigenvalue weighted by molar-refractivity contribution is 7.99. The fourth-order valence-electron chi connectivity index (χ4n) is 4.31. The minimum absolute atomic E-state index is 0.0602. The number of halogens is 1. The standard InChI is InChI=1S/C25H22FN3O3S/c26-18-3-5-19(6-4-18)29-13-21(23(27-29)17-10-12-31-14-17)25-28(24-22(32-24)15-33-25)11-9-16-1-7-20(30)8-2-16/h1-8,10,12-14,22,24-25,30H,9,11,15H2/t22?,24?,25-/m1/s1. The van der Waals surface area contributed by atoms with Crippen LogP contribution >= 0.6 is 11.8 Å².